The molecule has 0 unspecified atom stereocenters. The molecule has 2 aromatic rings. The molecular weight excluding hydrogens is 346 g/mol. The molecule has 2 heterocycles. The number of rotatable bonds is 5. The molecule has 0 bridgehead atoms. The summed E-state index contributed by atoms with van der Waals surface area (Å²) in [6, 6.07) is 12.1. The average molecular weight is 372 g/mol. The van der Waals surface area contributed by atoms with Gasteiger partial charge in [0.2, 0.25) is 10.0 Å². The molecule has 1 aromatic carbocycles. The smallest absolute Gasteiger partial charge is 0.244 e. The van der Waals surface area contributed by atoms with E-state index in [0.29, 0.717) is 19.0 Å². The summed E-state index contributed by atoms with van der Waals surface area (Å²) in [7, 11) is -3.39. The molecule has 1 fully saturated rings. The van der Waals surface area contributed by atoms with Crippen molar-refractivity contribution in [2.45, 2.75) is 42.9 Å². The number of aromatic nitrogens is 1. The van der Waals surface area contributed by atoms with E-state index in [-0.39, 0.29) is 4.90 Å². The van der Waals surface area contributed by atoms with Crippen LogP contribution in [0.2, 0.25) is 0 Å². The quantitative estimate of drug-likeness (QED) is 0.875. The van der Waals surface area contributed by atoms with Gasteiger partial charge in [-0.25, -0.2) is 13.4 Å². The Morgan fingerprint density at radius 2 is 1.88 bits per heavy atom. The Hall–Kier alpha value is -1.92. The van der Waals surface area contributed by atoms with E-state index in [0.717, 1.165) is 31.6 Å². The number of hydrogen-bond acceptors (Lipinski definition) is 4. The lowest BCUT2D eigenvalue weighted by Crippen LogP contribution is -2.28. The zero-order chi connectivity index (χ0) is 18.0. The highest BCUT2D eigenvalue weighted by Crippen LogP contribution is 2.31. The Labute approximate surface area is 155 Å². The molecule has 0 spiro atoms. The maximum absolute atomic E-state index is 12.6. The molecule has 2 aliphatic rings. The van der Waals surface area contributed by atoms with Gasteiger partial charge in [0, 0.05) is 31.7 Å². The molecule has 1 atom stereocenters. The zero-order valence-electron chi connectivity index (χ0n) is 14.9. The Kier molecular flexibility index (Phi) is 4.96. The molecule has 0 amide bonds. The molecule has 0 radical (unpaired) electrons. The van der Waals surface area contributed by atoms with Gasteiger partial charge in [0.25, 0.3) is 0 Å². The van der Waals surface area contributed by atoms with Gasteiger partial charge in [-0.05, 0) is 55.4 Å². The van der Waals surface area contributed by atoms with E-state index >= 15 is 0 Å². The van der Waals surface area contributed by atoms with Crippen molar-refractivity contribution in [1.29, 1.82) is 0 Å². The Morgan fingerprint density at radius 1 is 1.08 bits per heavy atom. The van der Waals surface area contributed by atoms with Crippen molar-refractivity contribution in [1.82, 2.24) is 9.29 Å². The lowest BCUT2D eigenvalue weighted by Gasteiger charge is -2.25. The van der Waals surface area contributed by atoms with Crippen LogP contribution in [-0.4, -0.2) is 37.3 Å². The summed E-state index contributed by atoms with van der Waals surface area (Å²) >= 11 is 0. The van der Waals surface area contributed by atoms with Gasteiger partial charge in [0.05, 0.1) is 0 Å². The van der Waals surface area contributed by atoms with Gasteiger partial charge in [0.1, 0.15) is 10.7 Å². The number of hydrogen-bond donors (Lipinski definition) is 1. The predicted octanol–water partition coefficient (Wildman–Crippen LogP) is 3.40. The maximum Gasteiger partial charge on any atom is 0.244 e. The molecule has 1 saturated heterocycles. The Balaban J connectivity index is 1.42. The van der Waals surface area contributed by atoms with E-state index in [2.05, 4.69) is 34.6 Å². The van der Waals surface area contributed by atoms with Gasteiger partial charge in [0.15, 0.2) is 0 Å². The van der Waals surface area contributed by atoms with Crippen LogP contribution in [0.3, 0.4) is 0 Å². The Bertz CT molecular complexity index is 859. The normalized spacial score (nSPS) is 20.7. The SMILES string of the molecule is O=S(=O)(c1ccc(NC[C@H]2CCCc3ccccc32)nc1)N1CCCC1. The first-order valence-corrected chi connectivity index (χ1v) is 10.9. The fourth-order valence-corrected chi connectivity index (χ4v) is 5.47. The van der Waals surface area contributed by atoms with Crippen LogP contribution >= 0.6 is 0 Å². The second kappa shape index (κ2) is 7.37. The van der Waals surface area contributed by atoms with Crippen LogP contribution < -0.4 is 5.32 Å². The van der Waals surface area contributed by atoms with Crippen molar-refractivity contribution >= 4 is 15.8 Å². The second-order valence-electron chi connectivity index (χ2n) is 7.16. The lowest BCUT2D eigenvalue weighted by molar-refractivity contribution is 0.477. The Morgan fingerprint density at radius 3 is 2.65 bits per heavy atom. The third-order valence-corrected chi connectivity index (χ3v) is 7.34. The molecule has 1 N–H and O–H groups in total. The van der Waals surface area contributed by atoms with Crippen molar-refractivity contribution < 1.29 is 8.42 Å². The predicted molar refractivity (Wildman–Crippen MR) is 103 cm³/mol. The number of aryl methyl sites for hydroxylation is 1. The van der Waals surface area contributed by atoms with Crippen molar-refractivity contribution in [3.05, 3.63) is 53.7 Å². The standard InChI is InChI=1S/C20H25N3O2S/c24-26(25,23-12-3-4-13-23)18-10-11-20(22-15-18)21-14-17-8-5-7-16-6-1-2-9-19(16)17/h1-2,6,9-11,15,17H,3-5,7-8,12-14H2,(H,21,22)/t17-/m1/s1. The van der Waals surface area contributed by atoms with Gasteiger partial charge < -0.3 is 5.32 Å². The second-order valence-corrected chi connectivity index (χ2v) is 9.10. The fraction of sp³-hybridized carbons (Fsp3) is 0.450. The first kappa shape index (κ1) is 17.5. The van der Waals surface area contributed by atoms with Crippen LogP contribution in [0.15, 0.2) is 47.5 Å². The van der Waals surface area contributed by atoms with E-state index in [1.165, 1.54) is 30.2 Å². The number of benzene rings is 1. The van der Waals surface area contributed by atoms with E-state index < -0.39 is 10.0 Å². The molecule has 1 aliphatic heterocycles. The molecule has 0 saturated carbocycles. The van der Waals surface area contributed by atoms with Crippen molar-refractivity contribution in [3.63, 3.8) is 0 Å². The number of anilines is 1. The van der Waals surface area contributed by atoms with Crippen LogP contribution in [0.4, 0.5) is 5.82 Å². The zero-order valence-corrected chi connectivity index (χ0v) is 15.7. The van der Waals surface area contributed by atoms with E-state index in [9.17, 15) is 8.42 Å². The van der Waals surface area contributed by atoms with Gasteiger partial charge in [-0.3, -0.25) is 0 Å². The van der Waals surface area contributed by atoms with Crippen molar-refractivity contribution in [2.75, 3.05) is 25.0 Å². The molecular formula is C20H25N3O2S. The van der Waals surface area contributed by atoms with E-state index in [4.69, 9.17) is 0 Å². The minimum atomic E-state index is -3.39. The highest BCUT2D eigenvalue weighted by Gasteiger charge is 2.27. The topological polar surface area (TPSA) is 62.3 Å². The molecule has 138 valence electrons. The summed E-state index contributed by atoms with van der Waals surface area (Å²) in [5.41, 5.74) is 2.88. The monoisotopic (exact) mass is 371 g/mol. The van der Waals surface area contributed by atoms with E-state index in [1.807, 2.05) is 0 Å². The summed E-state index contributed by atoms with van der Waals surface area (Å²) in [4.78, 5) is 4.62. The van der Waals surface area contributed by atoms with Crippen LogP contribution in [0.5, 0.6) is 0 Å². The number of nitrogens with zero attached hydrogens (tertiary/aromatic N) is 2. The van der Waals surface area contributed by atoms with Crippen LogP contribution in [-0.2, 0) is 16.4 Å². The van der Waals surface area contributed by atoms with Crippen LogP contribution in [0.1, 0.15) is 42.7 Å². The largest absolute Gasteiger partial charge is 0.369 e. The summed E-state index contributed by atoms with van der Waals surface area (Å²) in [6.07, 6.45) is 6.90. The number of sulfonamides is 1. The highest BCUT2D eigenvalue weighted by molar-refractivity contribution is 7.89. The number of nitrogens with one attached hydrogen (secondary N) is 1. The third kappa shape index (κ3) is 3.48. The molecule has 1 aromatic heterocycles. The van der Waals surface area contributed by atoms with E-state index in [1.54, 1.807) is 16.4 Å². The summed E-state index contributed by atoms with van der Waals surface area (Å²) in [5.74, 6) is 1.21. The number of fused-ring (bicyclic) bond motifs is 1. The van der Waals surface area contributed by atoms with Crippen LogP contribution in [0.25, 0.3) is 0 Å². The fourth-order valence-electron chi connectivity index (χ4n) is 4.01. The molecule has 1 aliphatic carbocycles. The summed E-state index contributed by atoms with van der Waals surface area (Å²) in [5, 5.41) is 3.38. The van der Waals surface area contributed by atoms with Gasteiger partial charge in [-0.1, -0.05) is 24.3 Å². The van der Waals surface area contributed by atoms with Gasteiger partial charge in [-0.2, -0.15) is 4.31 Å². The first-order valence-electron chi connectivity index (χ1n) is 9.42. The summed E-state index contributed by atoms with van der Waals surface area (Å²) in [6.45, 7) is 2.05. The van der Waals surface area contributed by atoms with Crippen LogP contribution in [0, 0.1) is 0 Å². The average Bonchev–Trinajstić information content (AvgIpc) is 3.22. The molecule has 4 rings (SSSR count). The number of pyridine rings is 1. The molecule has 26 heavy (non-hydrogen) atoms. The van der Waals surface area contributed by atoms with Crippen molar-refractivity contribution in [3.8, 4) is 0 Å². The van der Waals surface area contributed by atoms with Gasteiger partial charge >= 0.3 is 0 Å². The molecule has 6 heteroatoms. The van der Waals surface area contributed by atoms with Crippen molar-refractivity contribution in [2.24, 2.45) is 0 Å². The maximum atomic E-state index is 12.6. The highest BCUT2D eigenvalue weighted by atomic mass is 32.2. The minimum Gasteiger partial charge on any atom is -0.369 e. The summed E-state index contributed by atoms with van der Waals surface area (Å²) < 4.78 is 26.7. The third-order valence-electron chi connectivity index (χ3n) is 5.46. The minimum absolute atomic E-state index is 0.285. The van der Waals surface area contributed by atoms with Gasteiger partial charge in [-0.15, -0.1) is 0 Å². The molecule has 5 nitrogen and oxygen atoms in total. The lowest BCUT2D eigenvalue weighted by atomic mass is 9.83. The first-order chi connectivity index (χ1) is 12.6.